The Bertz CT molecular complexity index is 853. The van der Waals surface area contributed by atoms with Crippen LogP contribution in [0.4, 0.5) is 10.2 Å². The Morgan fingerprint density at radius 3 is 2.86 bits per heavy atom. The van der Waals surface area contributed by atoms with Gasteiger partial charge in [-0.05, 0) is 23.3 Å². The summed E-state index contributed by atoms with van der Waals surface area (Å²) in [5.74, 6) is -0.265. The van der Waals surface area contributed by atoms with Crippen LogP contribution in [0.25, 0.3) is 5.57 Å². The third kappa shape index (κ3) is 1.97. The average molecular weight is 316 g/mol. The van der Waals surface area contributed by atoms with E-state index in [9.17, 15) is 9.18 Å². The molecule has 2 aliphatic rings. The van der Waals surface area contributed by atoms with Gasteiger partial charge in [0.25, 0.3) is 0 Å². The monoisotopic (exact) mass is 315 g/mol. The zero-order chi connectivity index (χ0) is 15.3. The van der Waals surface area contributed by atoms with Crippen molar-refractivity contribution >= 4 is 28.9 Å². The summed E-state index contributed by atoms with van der Waals surface area (Å²) in [5.41, 5.74) is 3.51. The highest BCUT2D eigenvalue weighted by Crippen LogP contribution is 2.43. The summed E-state index contributed by atoms with van der Waals surface area (Å²) in [4.78, 5) is 11.9. The topological polar surface area (TPSA) is 57.8 Å². The lowest BCUT2D eigenvalue weighted by Crippen LogP contribution is -2.24. The van der Waals surface area contributed by atoms with Crippen LogP contribution in [0.15, 0.2) is 36.4 Å². The first-order valence-corrected chi connectivity index (χ1v) is 7.23. The quantitative estimate of drug-likeness (QED) is 0.889. The molecule has 0 fully saturated rings. The molecule has 6 heteroatoms. The zero-order valence-electron chi connectivity index (χ0n) is 11.4. The molecular formula is C16H11ClFN3O. The van der Waals surface area contributed by atoms with E-state index in [0.717, 1.165) is 22.4 Å². The summed E-state index contributed by atoms with van der Waals surface area (Å²) in [5, 5.41) is 10.2. The summed E-state index contributed by atoms with van der Waals surface area (Å²) in [6.45, 7) is 0. The molecule has 0 spiro atoms. The molecule has 1 atom stereocenters. The lowest BCUT2D eigenvalue weighted by molar-refractivity contribution is -0.116. The van der Waals surface area contributed by atoms with Crippen molar-refractivity contribution in [2.24, 2.45) is 0 Å². The SMILES string of the molecule is O=C1CC(c2ccc(F)cc2Cl)c2c(n[nH]c2C2=CC=C2)N1. The van der Waals surface area contributed by atoms with E-state index in [4.69, 9.17) is 11.6 Å². The molecule has 1 amide bonds. The molecule has 1 aliphatic heterocycles. The fourth-order valence-electron chi connectivity index (χ4n) is 2.88. The summed E-state index contributed by atoms with van der Waals surface area (Å²) >= 11 is 6.19. The number of aromatic amines is 1. The highest BCUT2D eigenvalue weighted by atomic mass is 35.5. The van der Waals surface area contributed by atoms with E-state index in [1.165, 1.54) is 12.1 Å². The van der Waals surface area contributed by atoms with E-state index in [2.05, 4.69) is 15.5 Å². The van der Waals surface area contributed by atoms with Crippen molar-refractivity contribution < 1.29 is 9.18 Å². The van der Waals surface area contributed by atoms with Gasteiger partial charge in [0.1, 0.15) is 5.82 Å². The van der Waals surface area contributed by atoms with Gasteiger partial charge in [-0.25, -0.2) is 4.39 Å². The van der Waals surface area contributed by atoms with Gasteiger partial charge in [0.05, 0.1) is 5.69 Å². The average Bonchev–Trinajstić information content (AvgIpc) is 2.79. The maximum absolute atomic E-state index is 13.3. The molecule has 2 heterocycles. The van der Waals surface area contributed by atoms with Crippen molar-refractivity contribution in [3.8, 4) is 0 Å². The number of carbonyl (C=O) groups is 1. The maximum Gasteiger partial charge on any atom is 0.226 e. The number of H-pyrrole nitrogens is 1. The number of rotatable bonds is 2. The van der Waals surface area contributed by atoms with Crippen LogP contribution in [0.1, 0.15) is 29.2 Å². The van der Waals surface area contributed by atoms with Gasteiger partial charge in [0.2, 0.25) is 5.91 Å². The number of halogens is 2. The van der Waals surface area contributed by atoms with Gasteiger partial charge in [-0.3, -0.25) is 9.89 Å². The first-order chi connectivity index (χ1) is 10.6. The van der Waals surface area contributed by atoms with Gasteiger partial charge in [-0.2, -0.15) is 5.10 Å². The molecule has 110 valence electrons. The van der Waals surface area contributed by atoms with Gasteiger partial charge in [0, 0.05) is 22.9 Å². The smallest absolute Gasteiger partial charge is 0.226 e. The largest absolute Gasteiger partial charge is 0.309 e. The van der Waals surface area contributed by atoms with Gasteiger partial charge in [-0.15, -0.1) is 0 Å². The minimum absolute atomic E-state index is 0.130. The minimum atomic E-state index is -0.397. The number of allylic oxidation sites excluding steroid dienone is 4. The lowest BCUT2D eigenvalue weighted by atomic mass is 9.83. The van der Waals surface area contributed by atoms with Crippen LogP contribution in [0.2, 0.25) is 5.02 Å². The number of nitrogens with one attached hydrogen (secondary N) is 2. The van der Waals surface area contributed by atoms with Crippen molar-refractivity contribution in [1.29, 1.82) is 0 Å². The van der Waals surface area contributed by atoms with E-state index in [1.807, 2.05) is 18.2 Å². The van der Waals surface area contributed by atoms with Crippen molar-refractivity contribution in [2.45, 2.75) is 12.3 Å². The number of hydrogen-bond acceptors (Lipinski definition) is 2. The van der Waals surface area contributed by atoms with E-state index in [1.54, 1.807) is 6.07 Å². The molecule has 1 aliphatic carbocycles. The Morgan fingerprint density at radius 2 is 2.18 bits per heavy atom. The van der Waals surface area contributed by atoms with Crippen LogP contribution in [0.3, 0.4) is 0 Å². The molecule has 0 bridgehead atoms. The molecule has 2 aromatic rings. The summed E-state index contributed by atoms with van der Waals surface area (Å²) < 4.78 is 13.3. The molecule has 1 unspecified atom stereocenters. The minimum Gasteiger partial charge on any atom is -0.309 e. The van der Waals surface area contributed by atoms with Crippen molar-refractivity contribution in [3.05, 3.63) is 64.1 Å². The second kappa shape index (κ2) is 4.81. The molecule has 1 aromatic carbocycles. The van der Waals surface area contributed by atoms with E-state index >= 15 is 0 Å². The summed E-state index contributed by atoms with van der Waals surface area (Å²) in [7, 11) is 0. The van der Waals surface area contributed by atoms with Crippen LogP contribution in [-0.2, 0) is 4.79 Å². The van der Waals surface area contributed by atoms with Crippen LogP contribution in [-0.4, -0.2) is 16.1 Å². The Labute approximate surface area is 130 Å². The number of anilines is 1. The van der Waals surface area contributed by atoms with Crippen LogP contribution in [0, 0.1) is 5.82 Å². The van der Waals surface area contributed by atoms with Gasteiger partial charge < -0.3 is 5.32 Å². The highest BCUT2D eigenvalue weighted by molar-refractivity contribution is 6.31. The third-order valence-electron chi connectivity index (χ3n) is 3.98. The fourth-order valence-corrected chi connectivity index (χ4v) is 3.18. The molecule has 2 N–H and O–H groups in total. The third-order valence-corrected chi connectivity index (χ3v) is 4.31. The number of carbonyl (C=O) groups excluding carboxylic acids is 1. The molecule has 0 radical (unpaired) electrons. The predicted molar refractivity (Wildman–Crippen MR) is 82.2 cm³/mol. The van der Waals surface area contributed by atoms with Gasteiger partial charge >= 0.3 is 0 Å². The van der Waals surface area contributed by atoms with Crippen molar-refractivity contribution in [2.75, 3.05) is 5.32 Å². The summed E-state index contributed by atoms with van der Waals surface area (Å²) in [6, 6.07) is 4.26. The second-order valence-electron chi connectivity index (χ2n) is 5.31. The molecular weight excluding hydrogens is 305 g/mol. The molecule has 4 rings (SSSR count). The maximum atomic E-state index is 13.3. The number of aromatic nitrogens is 2. The first-order valence-electron chi connectivity index (χ1n) is 6.85. The normalized spacial score (nSPS) is 19.3. The van der Waals surface area contributed by atoms with Gasteiger partial charge in [-0.1, -0.05) is 35.9 Å². The van der Waals surface area contributed by atoms with Crippen molar-refractivity contribution in [1.82, 2.24) is 10.2 Å². The van der Waals surface area contributed by atoms with Gasteiger partial charge in [0.15, 0.2) is 5.82 Å². The standard InChI is InChI=1S/C16H11ClFN3O/c17-12-6-9(18)4-5-10(12)11-7-13(22)19-16-14(11)15(20-21-16)8-2-1-3-8/h1-6,11H,7H2,(H2,19,20,21,22). The fraction of sp³-hybridized carbons (Fsp3) is 0.125. The molecule has 4 nitrogen and oxygen atoms in total. The first kappa shape index (κ1) is 13.3. The molecule has 0 saturated carbocycles. The molecule has 22 heavy (non-hydrogen) atoms. The molecule has 1 aromatic heterocycles. The number of benzene rings is 1. The lowest BCUT2D eigenvalue weighted by Gasteiger charge is -2.24. The Kier molecular flexibility index (Phi) is 2.90. The Balaban J connectivity index is 1.87. The second-order valence-corrected chi connectivity index (χ2v) is 5.72. The number of nitrogens with zero attached hydrogens (tertiary/aromatic N) is 1. The molecule has 0 saturated heterocycles. The Hall–Kier alpha value is -2.40. The highest BCUT2D eigenvalue weighted by Gasteiger charge is 2.33. The summed E-state index contributed by atoms with van der Waals surface area (Å²) in [6.07, 6.45) is 6.12. The predicted octanol–water partition coefficient (Wildman–Crippen LogP) is 3.63. The van der Waals surface area contributed by atoms with Crippen LogP contribution in [0.5, 0.6) is 0 Å². The number of amides is 1. The van der Waals surface area contributed by atoms with E-state index in [0.29, 0.717) is 10.8 Å². The van der Waals surface area contributed by atoms with E-state index in [-0.39, 0.29) is 18.2 Å². The van der Waals surface area contributed by atoms with Crippen LogP contribution < -0.4 is 5.32 Å². The Morgan fingerprint density at radius 1 is 1.36 bits per heavy atom. The zero-order valence-corrected chi connectivity index (χ0v) is 12.1. The van der Waals surface area contributed by atoms with E-state index < -0.39 is 5.82 Å². The number of fused-ring (bicyclic) bond motifs is 1. The van der Waals surface area contributed by atoms with Crippen molar-refractivity contribution in [3.63, 3.8) is 0 Å². The number of hydrogen-bond donors (Lipinski definition) is 2. The van der Waals surface area contributed by atoms with Crippen LogP contribution >= 0.6 is 11.6 Å².